The minimum Gasteiger partial charge on any atom is -0.262 e. The van der Waals surface area contributed by atoms with E-state index in [1.165, 1.54) is 18.2 Å². The maximum Gasteiger partial charge on any atom is 0.364 e. The molecule has 3 nitrogen and oxygen atoms in total. The number of hydrogen-bond acceptors (Lipinski definition) is 2. The summed E-state index contributed by atoms with van der Waals surface area (Å²) >= 11 is 3.05. The van der Waals surface area contributed by atoms with Crippen LogP contribution >= 0.6 is 15.9 Å². The molecule has 0 aliphatic heterocycles. The molecule has 0 saturated carbocycles. The van der Waals surface area contributed by atoms with Gasteiger partial charge in [0.2, 0.25) is 0 Å². The van der Waals surface area contributed by atoms with E-state index >= 15 is 0 Å². The second kappa shape index (κ2) is 5.03. The average Bonchev–Trinajstić information content (AvgIpc) is 2.26. The number of nitrogens with zero attached hydrogens (tertiary/aromatic N) is 1. The van der Waals surface area contributed by atoms with E-state index in [9.17, 15) is 23.3 Å². The summed E-state index contributed by atoms with van der Waals surface area (Å²) in [6.45, 7) is 0.840. The van der Waals surface area contributed by atoms with Crippen LogP contribution in [0.2, 0.25) is 0 Å². The second-order valence-corrected chi connectivity index (χ2v) is 4.63. The van der Waals surface area contributed by atoms with Crippen LogP contribution in [0.15, 0.2) is 28.7 Å². The van der Waals surface area contributed by atoms with E-state index < -0.39 is 23.1 Å². The van der Waals surface area contributed by atoms with Gasteiger partial charge in [-0.2, -0.15) is 4.39 Å². The molecular formula is C10H9BrF3NO2. The predicted molar refractivity (Wildman–Crippen MR) is 59.4 cm³/mol. The monoisotopic (exact) mass is 311 g/mol. The van der Waals surface area contributed by atoms with Gasteiger partial charge in [0.05, 0.1) is 4.92 Å². The van der Waals surface area contributed by atoms with Gasteiger partial charge in [0, 0.05) is 4.47 Å². The Labute approximate surface area is 104 Å². The van der Waals surface area contributed by atoms with Crippen LogP contribution in [0.4, 0.5) is 13.2 Å². The van der Waals surface area contributed by atoms with E-state index in [-0.39, 0.29) is 5.56 Å². The lowest BCUT2D eigenvalue weighted by Gasteiger charge is -2.27. The summed E-state index contributed by atoms with van der Waals surface area (Å²) in [7, 11) is 0. The molecule has 0 aliphatic carbocycles. The molecular weight excluding hydrogens is 303 g/mol. The molecule has 0 bridgehead atoms. The van der Waals surface area contributed by atoms with Crippen LogP contribution in [-0.4, -0.2) is 17.6 Å². The van der Waals surface area contributed by atoms with Crippen molar-refractivity contribution >= 4 is 15.9 Å². The molecule has 1 aromatic rings. The van der Waals surface area contributed by atoms with E-state index in [1.807, 2.05) is 0 Å². The first-order valence-electron chi connectivity index (χ1n) is 4.62. The number of halogens is 4. The van der Waals surface area contributed by atoms with Gasteiger partial charge in [-0.3, -0.25) is 10.1 Å². The van der Waals surface area contributed by atoms with Crippen molar-refractivity contribution in [3.05, 3.63) is 44.4 Å². The van der Waals surface area contributed by atoms with Crippen LogP contribution in [0.1, 0.15) is 12.5 Å². The largest absolute Gasteiger partial charge is 0.364 e. The Hall–Kier alpha value is -1.11. The summed E-state index contributed by atoms with van der Waals surface area (Å²) in [4.78, 5) is 9.05. The van der Waals surface area contributed by atoms with Gasteiger partial charge in [-0.25, -0.2) is 8.78 Å². The van der Waals surface area contributed by atoms with Gasteiger partial charge in [0.15, 0.2) is 5.41 Å². The number of alkyl halides is 3. The maximum atomic E-state index is 13.4. The number of benzene rings is 1. The van der Waals surface area contributed by atoms with Crippen molar-refractivity contribution < 1.29 is 18.1 Å². The molecule has 0 radical (unpaired) electrons. The van der Waals surface area contributed by atoms with Gasteiger partial charge in [-0.15, -0.1) is 0 Å². The molecule has 0 N–H and O–H groups in total. The van der Waals surface area contributed by atoms with Gasteiger partial charge in [-0.05, 0) is 24.6 Å². The first kappa shape index (κ1) is 14.0. The fourth-order valence-electron chi connectivity index (χ4n) is 1.41. The van der Waals surface area contributed by atoms with Gasteiger partial charge in [0.25, 0.3) is 6.43 Å². The zero-order valence-corrected chi connectivity index (χ0v) is 10.3. The molecule has 0 aromatic heterocycles. The first-order valence-corrected chi connectivity index (χ1v) is 5.41. The predicted octanol–water partition coefficient (Wildman–Crippen LogP) is 3.54. The van der Waals surface area contributed by atoms with E-state index in [1.54, 1.807) is 6.07 Å². The topological polar surface area (TPSA) is 43.1 Å². The lowest BCUT2D eigenvalue weighted by Crippen LogP contribution is -2.45. The highest BCUT2D eigenvalue weighted by Gasteiger charge is 2.52. The summed E-state index contributed by atoms with van der Waals surface area (Å²) in [5.74, 6) is 0. The first-order chi connectivity index (χ1) is 7.80. The van der Waals surface area contributed by atoms with Gasteiger partial charge in [-0.1, -0.05) is 28.1 Å². The van der Waals surface area contributed by atoms with E-state index in [2.05, 4.69) is 15.9 Å². The minimum atomic E-state index is -3.18. The van der Waals surface area contributed by atoms with Gasteiger partial charge < -0.3 is 0 Å². The third-order valence-corrected chi connectivity index (χ3v) is 3.07. The van der Waals surface area contributed by atoms with Crippen LogP contribution in [0.3, 0.4) is 0 Å². The van der Waals surface area contributed by atoms with Crippen molar-refractivity contribution in [2.75, 3.05) is 0 Å². The van der Waals surface area contributed by atoms with Crippen LogP contribution in [0.25, 0.3) is 0 Å². The molecule has 1 aromatic carbocycles. The fourth-order valence-corrected chi connectivity index (χ4v) is 1.81. The third-order valence-electron chi connectivity index (χ3n) is 2.58. The van der Waals surface area contributed by atoms with Gasteiger partial charge in [0.1, 0.15) is 0 Å². The molecule has 94 valence electrons. The summed E-state index contributed by atoms with van der Waals surface area (Å²) in [6.07, 6.45) is -6.05. The molecule has 0 fully saturated rings. The number of nitro groups is 1. The van der Waals surface area contributed by atoms with Gasteiger partial charge >= 0.3 is 6.30 Å². The van der Waals surface area contributed by atoms with Crippen molar-refractivity contribution in [2.45, 2.75) is 25.1 Å². The molecule has 7 heteroatoms. The number of hydrogen-bond donors (Lipinski definition) is 0. The number of rotatable bonds is 4. The van der Waals surface area contributed by atoms with E-state index in [4.69, 9.17) is 0 Å². The third kappa shape index (κ3) is 2.59. The zero-order chi connectivity index (χ0) is 13.2. The Morgan fingerprint density at radius 1 is 1.41 bits per heavy atom. The summed E-state index contributed by atoms with van der Waals surface area (Å²) in [5.41, 5.74) is -2.58. The molecule has 0 amide bonds. The molecule has 17 heavy (non-hydrogen) atoms. The molecule has 2 unspecified atom stereocenters. The summed E-state index contributed by atoms with van der Waals surface area (Å²) in [6, 6.07) is 5.48. The molecule has 0 aliphatic rings. The Kier molecular flexibility index (Phi) is 4.13. The molecule has 0 saturated heterocycles. The van der Waals surface area contributed by atoms with Crippen LogP contribution in [-0.2, 0) is 5.41 Å². The summed E-state index contributed by atoms with van der Waals surface area (Å²) < 4.78 is 39.8. The van der Waals surface area contributed by atoms with E-state index in [0.29, 0.717) is 4.47 Å². The molecule has 0 heterocycles. The van der Waals surface area contributed by atoms with Crippen molar-refractivity contribution in [2.24, 2.45) is 0 Å². The highest BCUT2D eigenvalue weighted by molar-refractivity contribution is 9.10. The van der Waals surface area contributed by atoms with Crippen molar-refractivity contribution in [3.8, 4) is 0 Å². The van der Waals surface area contributed by atoms with Crippen LogP contribution < -0.4 is 0 Å². The molecule has 2 atom stereocenters. The Morgan fingerprint density at radius 2 is 2.00 bits per heavy atom. The second-order valence-electron chi connectivity index (χ2n) is 3.71. The normalized spacial score (nSPS) is 16.6. The average molecular weight is 312 g/mol. The van der Waals surface area contributed by atoms with Crippen LogP contribution in [0, 0.1) is 10.1 Å². The Morgan fingerprint density at radius 3 is 2.41 bits per heavy atom. The SMILES string of the molecule is CC(c1cccc(Br)c1)(C(F)F)C(F)[N+](=O)[O-]. The van der Waals surface area contributed by atoms with Crippen molar-refractivity contribution in [3.63, 3.8) is 0 Å². The Bertz CT molecular complexity index is 430. The van der Waals surface area contributed by atoms with Crippen molar-refractivity contribution in [1.29, 1.82) is 0 Å². The maximum absolute atomic E-state index is 13.4. The summed E-state index contributed by atoms with van der Waals surface area (Å²) in [5, 5.41) is 10.4. The van der Waals surface area contributed by atoms with Crippen LogP contribution in [0.5, 0.6) is 0 Å². The van der Waals surface area contributed by atoms with E-state index in [0.717, 1.165) is 6.92 Å². The highest BCUT2D eigenvalue weighted by atomic mass is 79.9. The highest BCUT2D eigenvalue weighted by Crippen LogP contribution is 2.37. The smallest absolute Gasteiger partial charge is 0.262 e. The molecule has 0 spiro atoms. The lowest BCUT2D eigenvalue weighted by atomic mass is 9.82. The quantitative estimate of drug-likeness (QED) is 0.485. The fraction of sp³-hybridized carbons (Fsp3) is 0.400. The Balaban J connectivity index is 3.30. The lowest BCUT2D eigenvalue weighted by molar-refractivity contribution is -0.569. The zero-order valence-electron chi connectivity index (χ0n) is 8.74. The minimum absolute atomic E-state index is 0.119. The van der Waals surface area contributed by atoms with Crippen molar-refractivity contribution in [1.82, 2.24) is 0 Å². The molecule has 1 rings (SSSR count). The standard InChI is InChI=1S/C10H9BrF3NO2/c1-10(8(12)13,9(14)15(16)17)6-3-2-4-7(11)5-6/h2-5,8-9H,1H3.